The second kappa shape index (κ2) is 5.12. The van der Waals surface area contributed by atoms with Crippen LogP contribution in [0.3, 0.4) is 0 Å². The van der Waals surface area contributed by atoms with Gasteiger partial charge in [-0.05, 0) is 25.1 Å². The van der Waals surface area contributed by atoms with Gasteiger partial charge in [-0.15, -0.1) is 0 Å². The first-order valence-corrected chi connectivity index (χ1v) is 5.31. The van der Waals surface area contributed by atoms with Crippen LogP contribution in [0.2, 0.25) is 0 Å². The van der Waals surface area contributed by atoms with E-state index in [4.69, 9.17) is 11.1 Å². The third kappa shape index (κ3) is 2.72. The van der Waals surface area contributed by atoms with Crippen LogP contribution in [0.5, 0.6) is 0 Å². The van der Waals surface area contributed by atoms with Crippen LogP contribution >= 0.6 is 0 Å². The van der Waals surface area contributed by atoms with E-state index < -0.39 is 0 Å². The van der Waals surface area contributed by atoms with Crippen LogP contribution in [0.4, 0.5) is 17.5 Å². The highest BCUT2D eigenvalue weighted by molar-refractivity contribution is 5.59. The molecule has 1 heterocycles. The predicted molar refractivity (Wildman–Crippen MR) is 69.0 cm³/mol. The minimum Gasteiger partial charge on any atom is -0.340 e. The maximum Gasteiger partial charge on any atom is 0.239 e. The summed E-state index contributed by atoms with van der Waals surface area (Å²) in [4.78, 5) is 8.25. The first-order chi connectivity index (χ1) is 8.71. The van der Waals surface area contributed by atoms with Gasteiger partial charge in [-0.1, -0.05) is 6.07 Å². The maximum absolute atomic E-state index is 8.82. The zero-order chi connectivity index (χ0) is 13.0. The van der Waals surface area contributed by atoms with E-state index in [0.29, 0.717) is 17.3 Å². The van der Waals surface area contributed by atoms with Gasteiger partial charge in [0.05, 0.1) is 11.6 Å². The Balaban J connectivity index is 2.28. The summed E-state index contributed by atoms with van der Waals surface area (Å²) < 4.78 is 0. The second-order valence-corrected chi connectivity index (χ2v) is 3.68. The van der Waals surface area contributed by atoms with Crippen LogP contribution in [-0.4, -0.2) is 9.97 Å². The van der Waals surface area contributed by atoms with E-state index in [0.717, 1.165) is 11.4 Å². The average molecular weight is 240 g/mol. The van der Waals surface area contributed by atoms with Gasteiger partial charge in [-0.2, -0.15) is 10.2 Å². The van der Waals surface area contributed by atoms with Crippen molar-refractivity contribution in [3.8, 4) is 6.07 Å². The number of nitrogens with zero attached hydrogens (tertiary/aromatic N) is 3. The lowest BCUT2D eigenvalue weighted by Crippen LogP contribution is -2.11. The highest BCUT2D eigenvalue weighted by atomic mass is 15.3. The summed E-state index contributed by atoms with van der Waals surface area (Å²) in [6.45, 7) is 1.85. The summed E-state index contributed by atoms with van der Waals surface area (Å²) >= 11 is 0. The molecule has 90 valence electrons. The largest absolute Gasteiger partial charge is 0.340 e. The summed E-state index contributed by atoms with van der Waals surface area (Å²) in [5.41, 5.74) is 4.56. The van der Waals surface area contributed by atoms with Crippen molar-refractivity contribution in [3.05, 3.63) is 41.6 Å². The van der Waals surface area contributed by atoms with E-state index >= 15 is 0 Å². The monoisotopic (exact) mass is 240 g/mol. The Morgan fingerprint density at radius 1 is 1.28 bits per heavy atom. The van der Waals surface area contributed by atoms with E-state index in [1.807, 2.05) is 13.0 Å². The Hall–Kier alpha value is -2.65. The van der Waals surface area contributed by atoms with E-state index in [2.05, 4.69) is 26.8 Å². The highest BCUT2D eigenvalue weighted by Crippen LogP contribution is 2.17. The van der Waals surface area contributed by atoms with Gasteiger partial charge in [0.15, 0.2) is 0 Å². The maximum atomic E-state index is 8.82. The van der Waals surface area contributed by atoms with Crippen LogP contribution in [-0.2, 0) is 0 Å². The van der Waals surface area contributed by atoms with Gasteiger partial charge in [-0.25, -0.2) is 10.8 Å². The number of rotatable bonds is 3. The molecule has 0 aliphatic heterocycles. The number of hydrazine groups is 1. The lowest BCUT2D eigenvalue weighted by molar-refractivity contribution is 1.07. The molecule has 2 rings (SSSR count). The van der Waals surface area contributed by atoms with Crippen molar-refractivity contribution in [2.45, 2.75) is 6.92 Å². The average Bonchev–Trinajstić information content (AvgIpc) is 2.38. The molecule has 6 nitrogen and oxygen atoms in total. The smallest absolute Gasteiger partial charge is 0.239 e. The quantitative estimate of drug-likeness (QED) is 0.557. The lowest BCUT2D eigenvalue weighted by atomic mass is 10.2. The van der Waals surface area contributed by atoms with Crippen LogP contribution in [0.1, 0.15) is 11.3 Å². The number of nitrogen functional groups attached to an aromatic ring is 1. The summed E-state index contributed by atoms with van der Waals surface area (Å²) in [6.07, 6.45) is 0. The number of aryl methyl sites for hydroxylation is 1. The Morgan fingerprint density at radius 3 is 2.83 bits per heavy atom. The molecule has 0 saturated heterocycles. The number of aromatic nitrogens is 2. The van der Waals surface area contributed by atoms with Crippen molar-refractivity contribution < 1.29 is 0 Å². The Bertz CT molecular complexity index is 602. The Labute approximate surface area is 104 Å². The molecule has 0 unspecified atom stereocenters. The van der Waals surface area contributed by atoms with Gasteiger partial charge in [0.2, 0.25) is 5.95 Å². The Morgan fingerprint density at radius 2 is 2.11 bits per heavy atom. The standard InChI is InChI=1S/C12H12N6/c1-8-5-11(17-12(15-8)18-14)16-10-4-2-3-9(6-10)7-13/h2-6H,14H2,1H3,(H2,15,16,17,18). The molecule has 0 aliphatic carbocycles. The molecule has 0 aliphatic rings. The fourth-order valence-electron chi connectivity index (χ4n) is 1.51. The molecule has 0 bridgehead atoms. The van der Waals surface area contributed by atoms with Crippen LogP contribution < -0.4 is 16.6 Å². The van der Waals surface area contributed by atoms with Crippen molar-refractivity contribution >= 4 is 17.5 Å². The normalized spacial score (nSPS) is 9.61. The third-order valence-electron chi connectivity index (χ3n) is 2.25. The van der Waals surface area contributed by atoms with E-state index in [1.165, 1.54) is 0 Å². The van der Waals surface area contributed by atoms with Crippen molar-refractivity contribution in [2.24, 2.45) is 5.84 Å². The number of hydrogen-bond donors (Lipinski definition) is 3. The van der Waals surface area contributed by atoms with Crippen LogP contribution in [0.25, 0.3) is 0 Å². The summed E-state index contributed by atoms with van der Waals surface area (Å²) in [5, 5.41) is 11.9. The number of hydrogen-bond acceptors (Lipinski definition) is 6. The zero-order valence-electron chi connectivity index (χ0n) is 9.81. The third-order valence-corrected chi connectivity index (χ3v) is 2.25. The van der Waals surface area contributed by atoms with Crippen molar-refractivity contribution in [2.75, 3.05) is 10.7 Å². The number of nitriles is 1. The molecular weight excluding hydrogens is 228 g/mol. The minimum absolute atomic E-state index is 0.342. The van der Waals surface area contributed by atoms with Crippen LogP contribution in [0, 0.1) is 18.3 Å². The molecule has 18 heavy (non-hydrogen) atoms. The minimum atomic E-state index is 0.342. The first-order valence-electron chi connectivity index (χ1n) is 5.31. The molecule has 1 aromatic heterocycles. The van der Waals surface area contributed by atoms with Crippen molar-refractivity contribution in [1.29, 1.82) is 5.26 Å². The molecule has 1 aromatic carbocycles. The van der Waals surface area contributed by atoms with E-state index in [1.54, 1.807) is 24.3 Å². The second-order valence-electron chi connectivity index (χ2n) is 3.68. The fourth-order valence-corrected chi connectivity index (χ4v) is 1.51. The van der Waals surface area contributed by atoms with Crippen LogP contribution in [0.15, 0.2) is 30.3 Å². The van der Waals surface area contributed by atoms with Gasteiger partial charge in [-0.3, -0.25) is 5.43 Å². The van der Waals surface area contributed by atoms with Crippen molar-refractivity contribution in [1.82, 2.24) is 9.97 Å². The van der Waals surface area contributed by atoms with Gasteiger partial charge in [0, 0.05) is 17.4 Å². The summed E-state index contributed by atoms with van der Waals surface area (Å²) in [7, 11) is 0. The molecule has 0 radical (unpaired) electrons. The SMILES string of the molecule is Cc1cc(Nc2cccc(C#N)c2)nc(NN)n1. The molecule has 0 atom stereocenters. The zero-order valence-corrected chi connectivity index (χ0v) is 9.81. The molecular formula is C12H12N6. The topological polar surface area (TPSA) is 99.7 Å². The molecule has 4 N–H and O–H groups in total. The first kappa shape index (κ1) is 11.8. The van der Waals surface area contributed by atoms with Gasteiger partial charge in [0.1, 0.15) is 5.82 Å². The van der Waals surface area contributed by atoms with Crippen molar-refractivity contribution in [3.63, 3.8) is 0 Å². The summed E-state index contributed by atoms with van der Waals surface area (Å²) in [6, 6.07) is 11.0. The molecule has 6 heteroatoms. The van der Waals surface area contributed by atoms with Gasteiger partial charge < -0.3 is 5.32 Å². The molecule has 0 fully saturated rings. The summed E-state index contributed by atoms with van der Waals surface area (Å²) in [5.74, 6) is 6.24. The molecule has 2 aromatic rings. The number of nitrogens with two attached hydrogens (primary N) is 1. The molecule has 0 saturated carbocycles. The molecule has 0 spiro atoms. The fraction of sp³-hybridized carbons (Fsp3) is 0.0833. The number of nitrogens with one attached hydrogen (secondary N) is 2. The van der Waals surface area contributed by atoms with Gasteiger partial charge in [0.25, 0.3) is 0 Å². The lowest BCUT2D eigenvalue weighted by Gasteiger charge is -2.08. The predicted octanol–water partition coefficient (Wildman–Crippen LogP) is 1.69. The number of anilines is 3. The van der Waals surface area contributed by atoms with E-state index in [-0.39, 0.29) is 0 Å². The van der Waals surface area contributed by atoms with E-state index in [9.17, 15) is 0 Å². The highest BCUT2D eigenvalue weighted by Gasteiger charge is 2.02. The van der Waals surface area contributed by atoms with Gasteiger partial charge >= 0.3 is 0 Å². The Kier molecular flexibility index (Phi) is 3.36. The molecule has 0 amide bonds. The number of benzene rings is 1.